The number of halogens is 2. The lowest BCUT2D eigenvalue weighted by Crippen LogP contribution is -2.38. The number of carbonyl (C=O) groups excluding carboxylic acids is 1. The molecule has 2 aromatic rings. The average molecular weight is 417 g/mol. The molecule has 0 saturated carbocycles. The molecule has 0 unspecified atom stereocenters. The molecule has 1 N–H and O–H groups in total. The van der Waals surface area contributed by atoms with Crippen molar-refractivity contribution in [3.05, 3.63) is 46.2 Å². The van der Waals surface area contributed by atoms with Gasteiger partial charge in [-0.3, -0.25) is 4.79 Å². The Morgan fingerprint density at radius 2 is 2.04 bits per heavy atom. The number of nitrogens with one attached hydrogen (secondary N) is 1. The molecule has 1 aliphatic rings. The second-order valence-corrected chi connectivity index (χ2v) is 8.20. The van der Waals surface area contributed by atoms with Crippen LogP contribution in [0.4, 0.5) is 0 Å². The van der Waals surface area contributed by atoms with Gasteiger partial charge in [0.1, 0.15) is 17.0 Å². The normalized spacial score (nSPS) is 14.6. The quantitative estimate of drug-likeness (QED) is 0.752. The SMILES string of the molecule is CS(=O)(=O)NC(=O)c1ccc(-c2cnc(Cl)c(Cl)c2)c(OC2COC2)c1. The number of benzene rings is 1. The highest BCUT2D eigenvalue weighted by molar-refractivity contribution is 7.89. The molecule has 0 spiro atoms. The monoisotopic (exact) mass is 416 g/mol. The molecule has 0 aliphatic carbocycles. The number of nitrogens with zero attached hydrogens (tertiary/aromatic N) is 1. The number of pyridine rings is 1. The fourth-order valence-corrected chi connectivity index (χ4v) is 2.98. The van der Waals surface area contributed by atoms with Gasteiger partial charge in [0.05, 0.1) is 24.5 Å². The lowest BCUT2D eigenvalue weighted by Gasteiger charge is -2.28. The Morgan fingerprint density at radius 1 is 1.31 bits per heavy atom. The van der Waals surface area contributed by atoms with E-state index in [4.69, 9.17) is 32.7 Å². The van der Waals surface area contributed by atoms with Crippen LogP contribution < -0.4 is 9.46 Å². The third-order valence-electron chi connectivity index (χ3n) is 3.53. The summed E-state index contributed by atoms with van der Waals surface area (Å²) in [7, 11) is -3.68. The standard InChI is InChI=1S/C16H14Cl2N2O5S/c1-26(22,23)20-16(21)9-2-3-12(10-4-13(17)15(18)19-6-10)14(5-9)25-11-7-24-8-11/h2-6,11H,7-8H2,1H3,(H,20,21). The van der Waals surface area contributed by atoms with E-state index >= 15 is 0 Å². The van der Waals surface area contributed by atoms with Crippen molar-refractivity contribution in [2.24, 2.45) is 0 Å². The number of hydrogen-bond donors (Lipinski definition) is 1. The number of ether oxygens (including phenoxy) is 2. The Balaban J connectivity index is 2.00. The minimum atomic E-state index is -3.68. The predicted molar refractivity (Wildman–Crippen MR) is 97.2 cm³/mol. The van der Waals surface area contributed by atoms with Crippen molar-refractivity contribution in [2.75, 3.05) is 19.5 Å². The summed E-state index contributed by atoms with van der Waals surface area (Å²) in [6, 6.07) is 6.22. The van der Waals surface area contributed by atoms with Crippen LogP contribution >= 0.6 is 23.2 Å². The summed E-state index contributed by atoms with van der Waals surface area (Å²) in [4.78, 5) is 16.1. The summed E-state index contributed by atoms with van der Waals surface area (Å²) in [6.45, 7) is 0.859. The van der Waals surface area contributed by atoms with Crippen molar-refractivity contribution in [2.45, 2.75) is 6.10 Å². The summed E-state index contributed by atoms with van der Waals surface area (Å²) in [5.41, 5.74) is 1.42. The predicted octanol–water partition coefficient (Wildman–Crippen LogP) is 2.52. The van der Waals surface area contributed by atoms with Crippen LogP contribution in [0.25, 0.3) is 11.1 Å². The molecule has 1 aliphatic heterocycles. The molecule has 7 nitrogen and oxygen atoms in total. The fraction of sp³-hybridized carbons (Fsp3) is 0.250. The molecule has 1 aromatic carbocycles. The van der Waals surface area contributed by atoms with Gasteiger partial charge in [-0.1, -0.05) is 23.2 Å². The molecule has 1 saturated heterocycles. The molecule has 0 atom stereocenters. The first kappa shape index (κ1) is 18.9. The van der Waals surface area contributed by atoms with Gasteiger partial charge in [-0.2, -0.15) is 0 Å². The minimum Gasteiger partial charge on any atom is -0.485 e. The summed E-state index contributed by atoms with van der Waals surface area (Å²) >= 11 is 11.9. The van der Waals surface area contributed by atoms with Crippen LogP contribution in [0.2, 0.25) is 10.2 Å². The first-order chi connectivity index (χ1) is 12.2. The van der Waals surface area contributed by atoms with Crippen LogP contribution in [-0.4, -0.2) is 44.9 Å². The first-order valence-electron chi connectivity index (χ1n) is 7.45. The maximum absolute atomic E-state index is 12.1. The average Bonchev–Trinajstić information content (AvgIpc) is 2.52. The molecule has 3 rings (SSSR count). The van der Waals surface area contributed by atoms with Crippen LogP contribution in [0.3, 0.4) is 0 Å². The second-order valence-electron chi connectivity index (χ2n) is 5.69. The Bertz CT molecular complexity index is 961. The van der Waals surface area contributed by atoms with Crippen molar-refractivity contribution in [1.29, 1.82) is 0 Å². The molecule has 1 amide bonds. The summed E-state index contributed by atoms with van der Waals surface area (Å²) in [6.07, 6.45) is 2.28. The van der Waals surface area contributed by atoms with Crippen LogP contribution in [0.15, 0.2) is 30.5 Å². The molecule has 0 bridgehead atoms. The van der Waals surface area contributed by atoms with Crippen molar-refractivity contribution in [3.63, 3.8) is 0 Å². The zero-order valence-electron chi connectivity index (χ0n) is 13.5. The van der Waals surface area contributed by atoms with E-state index in [1.54, 1.807) is 12.1 Å². The van der Waals surface area contributed by atoms with Gasteiger partial charge in [0, 0.05) is 22.9 Å². The van der Waals surface area contributed by atoms with Gasteiger partial charge in [0.15, 0.2) is 0 Å². The van der Waals surface area contributed by atoms with E-state index in [0.29, 0.717) is 30.1 Å². The van der Waals surface area contributed by atoms with Gasteiger partial charge in [0.25, 0.3) is 5.91 Å². The molecule has 1 aromatic heterocycles. The van der Waals surface area contributed by atoms with Gasteiger partial charge >= 0.3 is 0 Å². The highest BCUT2D eigenvalue weighted by Gasteiger charge is 2.23. The number of hydrogen-bond acceptors (Lipinski definition) is 6. The highest BCUT2D eigenvalue weighted by atomic mass is 35.5. The van der Waals surface area contributed by atoms with E-state index in [-0.39, 0.29) is 21.8 Å². The zero-order chi connectivity index (χ0) is 18.9. The summed E-state index contributed by atoms with van der Waals surface area (Å²) in [5.74, 6) is -0.360. The lowest BCUT2D eigenvalue weighted by atomic mass is 10.0. The zero-order valence-corrected chi connectivity index (χ0v) is 15.9. The van der Waals surface area contributed by atoms with Crippen LogP contribution in [0.1, 0.15) is 10.4 Å². The van der Waals surface area contributed by atoms with E-state index in [2.05, 4.69) is 4.98 Å². The fourth-order valence-electron chi connectivity index (χ4n) is 2.26. The highest BCUT2D eigenvalue weighted by Crippen LogP contribution is 2.34. The maximum Gasteiger partial charge on any atom is 0.264 e. The summed E-state index contributed by atoms with van der Waals surface area (Å²) < 4.78 is 35.4. The van der Waals surface area contributed by atoms with Crippen LogP contribution in [-0.2, 0) is 14.8 Å². The maximum atomic E-state index is 12.1. The summed E-state index contributed by atoms with van der Waals surface area (Å²) in [5, 5.41) is 0.454. The molecule has 0 radical (unpaired) electrons. The van der Waals surface area contributed by atoms with Gasteiger partial charge < -0.3 is 9.47 Å². The van der Waals surface area contributed by atoms with Crippen molar-refractivity contribution in [3.8, 4) is 16.9 Å². The van der Waals surface area contributed by atoms with E-state index < -0.39 is 15.9 Å². The van der Waals surface area contributed by atoms with E-state index in [1.165, 1.54) is 18.3 Å². The van der Waals surface area contributed by atoms with Crippen LogP contribution in [0.5, 0.6) is 5.75 Å². The molecule has 26 heavy (non-hydrogen) atoms. The van der Waals surface area contributed by atoms with E-state index in [1.807, 2.05) is 4.72 Å². The number of amides is 1. The Hall–Kier alpha value is -1.87. The molecule has 10 heteroatoms. The lowest BCUT2D eigenvalue weighted by molar-refractivity contribution is -0.0794. The largest absolute Gasteiger partial charge is 0.485 e. The minimum absolute atomic E-state index is 0.141. The smallest absolute Gasteiger partial charge is 0.264 e. The van der Waals surface area contributed by atoms with E-state index in [9.17, 15) is 13.2 Å². The third kappa shape index (κ3) is 4.45. The van der Waals surface area contributed by atoms with Gasteiger partial charge in [-0.15, -0.1) is 0 Å². The molecular formula is C16H14Cl2N2O5S. The third-order valence-corrected chi connectivity index (χ3v) is 4.77. The molecule has 1 fully saturated rings. The number of sulfonamides is 1. The van der Waals surface area contributed by atoms with Crippen molar-refractivity contribution < 1.29 is 22.7 Å². The molecular weight excluding hydrogens is 403 g/mol. The van der Waals surface area contributed by atoms with Crippen molar-refractivity contribution in [1.82, 2.24) is 9.71 Å². The van der Waals surface area contributed by atoms with Gasteiger partial charge in [-0.05, 0) is 24.3 Å². The van der Waals surface area contributed by atoms with Crippen molar-refractivity contribution >= 4 is 39.1 Å². The number of aromatic nitrogens is 1. The Morgan fingerprint density at radius 3 is 2.62 bits per heavy atom. The Labute approximate surface area is 160 Å². The first-order valence-corrected chi connectivity index (χ1v) is 10.1. The molecule has 2 heterocycles. The Kier molecular flexibility index (Phi) is 5.38. The molecule has 138 valence electrons. The number of carbonyl (C=O) groups is 1. The van der Waals surface area contributed by atoms with E-state index in [0.717, 1.165) is 6.26 Å². The topological polar surface area (TPSA) is 94.6 Å². The second kappa shape index (κ2) is 7.40. The van der Waals surface area contributed by atoms with Gasteiger partial charge in [-0.25, -0.2) is 18.1 Å². The van der Waals surface area contributed by atoms with Gasteiger partial charge in [0.2, 0.25) is 10.0 Å². The number of rotatable bonds is 5. The van der Waals surface area contributed by atoms with Crippen LogP contribution in [0, 0.1) is 0 Å².